The Labute approximate surface area is 193 Å². The van der Waals surface area contributed by atoms with Gasteiger partial charge in [0.15, 0.2) is 0 Å². The third kappa shape index (κ3) is 4.42. The van der Waals surface area contributed by atoms with Crippen molar-refractivity contribution in [2.24, 2.45) is 0 Å². The zero-order valence-electron chi connectivity index (χ0n) is 18.5. The molecule has 1 aliphatic heterocycles. The first-order chi connectivity index (χ1) is 16.4. The molecule has 10 heteroatoms. The van der Waals surface area contributed by atoms with Gasteiger partial charge in [-0.3, -0.25) is 9.20 Å². The Kier molecular flexibility index (Phi) is 6.07. The molecule has 1 saturated heterocycles. The number of benzene rings is 1. The van der Waals surface area contributed by atoms with E-state index in [4.69, 9.17) is 14.2 Å². The van der Waals surface area contributed by atoms with E-state index >= 15 is 4.39 Å². The number of nitrogens with zero attached hydrogens (tertiary/aromatic N) is 2. The third-order valence-corrected chi connectivity index (χ3v) is 6.23. The number of rotatable bonds is 7. The van der Waals surface area contributed by atoms with Gasteiger partial charge in [-0.2, -0.15) is 8.78 Å². The topological polar surface area (TPSA) is 74.1 Å². The Bertz CT molecular complexity index is 1220. The van der Waals surface area contributed by atoms with Crippen molar-refractivity contribution in [3.05, 3.63) is 47.5 Å². The number of hydrogen-bond donors (Lipinski definition) is 1. The summed E-state index contributed by atoms with van der Waals surface area (Å²) in [6.07, 6.45) is 6.00. The van der Waals surface area contributed by atoms with Crippen LogP contribution in [0.5, 0.6) is 11.5 Å². The number of carbonyl (C=O) groups is 1. The van der Waals surface area contributed by atoms with Crippen molar-refractivity contribution in [1.29, 1.82) is 0 Å². The van der Waals surface area contributed by atoms with Gasteiger partial charge in [-0.1, -0.05) is 0 Å². The summed E-state index contributed by atoms with van der Waals surface area (Å²) in [5.74, 6) is -1.13. The molecule has 0 atom stereocenters. The van der Waals surface area contributed by atoms with Crippen LogP contribution in [0.1, 0.15) is 47.5 Å². The number of alkyl halides is 2. The van der Waals surface area contributed by atoms with E-state index in [2.05, 4.69) is 10.3 Å². The number of amides is 1. The van der Waals surface area contributed by atoms with Crippen molar-refractivity contribution in [2.45, 2.75) is 44.3 Å². The van der Waals surface area contributed by atoms with E-state index in [1.165, 1.54) is 31.6 Å². The molecule has 7 nitrogen and oxygen atoms in total. The molecule has 1 aromatic carbocycles. The number of halogens is 3. The molecule has 1 amide bonds. The molecule has 2 aromatic heterocycles. The number of nitrogens with one attached hydrogen (secondary N) is 1. The molecule has 0 spiro atoms. The highest BCUT2D eigenvalue weighted by atomic mass is 19.3. The van der Waals surface area contributed by atoms with Crippen molar-refractivity contribution >= 4 is 11.6 Å². The lowest BCUT2D eigenvalue weighted by Crippen LogP contribution is -2.26. The van der Waals surface area contributed by atoms with Gasteiger partial charge in [0, 0.05) is 31.0 Å². The number of carbonyl (C=O) groups excluding carboxylic acids is 1. The normalized spacial score (nSPS) is 16.7. The predicted molar refractivity (Wildman–Crippen MR) is 117 cm³/mol. The summed E-state index contributed by atoms with van der Waals surface area (Å²) >= 11 is 0. The van der Waals surface area contributed by atoms with Crippen molar-refractivity contribution in [3.8, 4) is 22.8 Å². The van der Waals surface area contributed by atoms with Crippen LogP contribution in [-0.4, -0.2) is 48.3 Å². The summed E-state index contributed by atoms with van der Waals surface area (Å²) in [5, 5.41) is 2.77. The molecule has 3 aromatic rings. The molecule has 3 heterocycles. The fourth-order valence-electron chi connectivity index (χ4n) is 4.35. The Hall–Kier alpha value is -3.27. The Balaban J connectivity index is 1.57. The lowest BCUT2D eigenvalue weighted by molar-refractivity contribution is -0.0502. The van der Waals surface area contributed by atoms with Crippen LogP contribution in [0.2, 0.25) is 0 Å². The zero-order valence-corrected chi connectivity index (χ0v) is 18.5. The molecule has 0 radical (unpaired) electrons. The first kappa shape index (κ1) is 22.5. The van der Waals surface area contributed by atoms with Crippen molar-refractivity contribution in [1.82, 2.24) is 14.7 Å². The molecule has 1 aliphatic carbocycles. The van der Waals surface area contributed by atoms with Gasteiger partial charge in [0.1, 0.15) is 28.5 Å². The maximum atomic E-state index is 15.1. The van der Waals surface area contributed by atoms with E-state index in [-0.39, 0.29) is 34.8 Å². The van der Waals surface area contributed by atoms with Crippen LogP contribution < -0.4 is 14.8 Å². The number of fused-ring (bicyclic) bond motifs is 1. The van der Waals surface area contributed by atoms with Gasteiger partial charge in [0.25, 0.3) is 5.91 Å². The highest BCUT2D eigenvalue weighted by Gasteiger charge is 2.29. The SMILES string of the molecule is COc1cc(-c2cnc3cc(C4CCOCC4)c(F)cn23)cc(OC(F)F)c1C(=O)NC1CC1. The highest BCUT2D eigenvalue weighted by molar-refractivity contribution is 6.01. The smallest absolute Gasteiger partial charge is 0.387 e. The van der Waals surface area contributed by atoms with Gasteiger partial charge >= 0.3 is 6.61 Å². The van der Waals surface area contributed by atoms with Gasteiger partial charge in [0.2, 0.25) is 0 Å². The average molecular weight is 475 g/mol. The summed E-state index contributed by atoms with van der Waals surface area (Å²) in [7, 11) is 1.34. The Morgan fingerprint density at radius 2 is 1.91 bits per heavy atom. The van der Waals surface area contributed by atoms with Crippen molar-refractivity contribution < 1.29 is 32.2 Å². The molecular weight excluding hydrogens is 451 g/mol. The number of pyridine rings is 1. The molecule has 34 heavy (non-hydrogen) atoms. The lowest BCUT2D eigenvalue weighted by atomic mass is 9.92. The van der Waals surface area contributed by atoms with E-state index < -0.39 is 12.5 Å². The number of imidazole rings is 1. The fourth-order valence-corrected chi connectivity index (χ4v) is 4.35. The molecule has 0 bridgehead atoms. The lowest BCUT2D eigenvalue weighted by Gasteiger charge is -2.23. The van der Waals surface area contributed by atoms with Gasteiger partial charge in [-0.05, 0) is 55.4 Å². The molecule has 1 N–H and O–H groups in total. The van der Waals surface area contributed by atoms with Crippen LogP contribution in [-0.2, 0) is 4.74 Å². The number of methoxy groups -OCH3 is 1. The van der Waals surface area contributed by atoms with Crippen LogP contribution in [0.4, 0.5) is 13.2 Å². The predicted octanol–water partition coefficient (Wildman–Crippen LogP) is 4.54. The number of ether oxygens (including phenoxy) is 3. The Morgan fingerprint density at radius 1 is 1.18 bits per heavy atom. The van der Waals surface area contributed by atoms with Crippen LogP contribution in [0, 0.1) is 5.82 Å². The van der Waals surface area contributed by atoms with Gasteiger partial charge in [-0.25, -0.2) is 9.37 Å². The number of hydrogen-bond acceptors (Lipinski definition) is 5. The van der Waals surface area contributed by atoms with Crippen molar-refractivity contribution in [2.75, 3.05) is 20.3 Å². The molecule has 2 fully saturated rings. The van der Waals surface area contributed by atoms with Gasteiger partial charge < -0.3 is 19.5 Å². The second kappa shape index (κ2) is 9.17. The standard InChI is InChI=1S/C24H24F3N3O4/c1-32-19-8-14(9-20(34-24(26)27)22(19)23(31)29-15-2-3-15)18-11-28-21-10-16(17(25)12-30(18)21)13-4-6-33-7-5-13/h8-13,15,24H,2-7H2,1H3,(H,29,31). The van der Waals surface area contributed by atoms with Gasteiger partial charge in [0.05, 0.1) is 19.0 Å². The van der Waals surface area contributed by atoms with E-state index in [1.807, 2.05) is 0 Å². The molecule has 1 saturated carbocycles. The summed E-state index contributed by atoms with van der Waals surface area (Å²) < 4.78 is 58.5. The first-order valence-corrected chi connectivity index (χ1v) is 11.2. The van der Waals surface area contributed by atoms with E-state index in [0.29, 0.717) is 35.7 Å². The van der Waals surface area contributed by atoms with E-state index in [9.17, 15) is 13.6 Å². The number of aromatic nitrogens is 2. The van der Waals surface area contributed by atoms with Gasteiger partial charge in [-0.15, -0.1) is 0 Å². The maximum Gasteiger partial charge on any atom is 0.387 e. The molecule has 0 unspecified atom stereocenters. The van der Waals surface area contributed by atoms with Crippen LogP contribution in [0.15, 0.2) is 30.6 Å². The monoisotopic (exact) mass is 475 g/mol. The summed E-state index contributed by atoms with van der Waals surface area (Å²) in [5.41, 5.74) is 1.82. The summed E-state index contributed by atoms with van der Waals surface area (Å²) in [6, 6.07) is 4.58. The Morgan fingerprint density at radius 3 is 2.59 bits per heavy atom. The van der Waals surface area contributed by atoms with Crippen molar-refractivity contribution in [3.63, 3.8) is 0 Å². The fraction of sp³-hybridized carbons (Fsp3) is 0.417. The summed E-state index contributed by atoms with van der Waals surface area (Å²) in [4.78, 5) is 17.1. The molecule has 5 rings (SSSR count). The second-order valence-corrected chi connectivity index (χ2v) is 8.51. The second-order valence-electron chi connectivity index (χ2n) is 8.51. The average Bonchev–Trinajstić information content (AvgIpc) is 3.54. The third-order valence-electron chi connectivity index (χ3n) is 6.23. The van der Waals surface area contributed by atoms with E-state index in [1.54, 1.807) is 10.5 Å². The van der Waals surface area contributed by atoms with Crippen LogP contribution >= 0.6 is 0 Å². The minimum absolute atomic E-state index is 0.0166. The largest absolute Gasteiger partial charge is 0.496 e. The summed E-state index contributed by atoms with van der Waals surface area (Å²) in [6.45, 7) is -1.97. The van der Waals surface area contributed by atoms with E-state index in [0.717, 1.165) is 25.7 Å². The van der Waals surface area contributed by atoms with Crippen LogP contribution in [0.3, 0.4) is 0 Å². The zero-order chi connectivity index (χ0) is 23.8. The maximum absolute atomic E-state index is 15.1. The quantitative estimate of drug-likeness (QED) is 0.543. The minimum Gasteiger partial charge on any atom is -0.496 e. The highest BCUT2D eigenvalue weighted by Crippen LogP contribution is 2.38. The molecule has 2 aliphatic rings. The minimum atomic E-state index is -3.14. The van der Waals surface area contributed by atoms with Crippen LogP contribution in [0.25, 0.3) is 16.9 Å². The molecule has 180 valence electrons. The first-order valence-electron chi connectivity index (χ1n) is 11.2. The molecular formula is C24H24F3N3O4.